The SMILES string of the molecule is C[C@H](N)c1ccc(F)cc1OCc1cnn(C)c1. The zero-order valence-electron chi connectivity index (χ0n) is 10.4. The van der Waals surface area contributed by atoms with E-state index in [0.29, 0.717) is 12.4 Å². The smallest absolute Gasteiger partial charge is 0.127 e. The minimum absolute atomic E-state index is 0.200. The fourth-order valence-electron chi connectivity index (χ4n) is 1.72. The molecule has 0 amide bonds. The summed E-state index contributed by atoms with van der Waals surface area (Å²) in [5.41, 5.74) is 7.54. The molecule has 2 aromatic rings. The highest BCUT2D eigenvalue weighted by Gasteiger charge is 2.10. The lowest BCUT2D eigenvalue weighted by molar-refractivity contribution is 0.299. The molecule has 18 heavy (non-hydrogen) atoms. The van der Waals surface area contributed by atoms with Gasteiger partial charge in [-0.15, -0.1) is 0 Å². The molecule has 0 aliphatic rings. The Morgan fingerprint density at radius 3 is 2.89 bits per heavy atom. The molecule has 0 fully saturated rings. The van der Waals surface area contributed by atoms with Crippen LogP contribution in [0.15, 0.2) is 30.6 Å². The molecule has 1 aromatic carbocycles. The third kappa shape index (κ3) is 2.87. The lowest BCUT2D eigenvalue weighted by atomic mass is 10.1. The first kappa shape index (κ1) is 12.6. The summed E-state index contributed by atoms with van der Waals surface area (Å²) in [5, 5.41) is 4.04. The molecule has 4 nitrogen and oxygen atoms in total. The Morgan fingerprint density at radius 2 is 2.28 bits per heavy atom. The Kier molecular flexibility index (Phi) is 3.62. The summed E-state index contributed by atoms with van der Waals surface area (Å²) in [7, 11) is 1.83. The van der Waals surface area contributed by atoms with E-state index in [0.717, 1.165) is 11.1 Å². The van der Waals surface area contributed by atoms with Crippen LogP contribution in [0.4, 0.5) is 4.39 Å². The van der Waals surface area contributed by atoms with E-state index in [9.17, 15) is 4.39 Å². The average Bonchev–Trinajstić information content (AvgIpc) is 2.72. The number of nitrogens with two attached hydrogens (primary N) is 1. The van der Waals surface area contributed by atoms with Crippen molar-refractivity contribution in [1.29, 1.82) is 0 Å². The van der Waals surface area contributed by atoms with E-state index < -0.39 is 0 Å². The zero-order valence-corrected chi connectivity index (χ0v) is 10.4. The van der Waals surface area contributed by atoms with Gasteiger partial charge in [0.2, 0.25) is 0 Å². The zero-order chi connectivity index (χ0) is 13.1. The molecule has 0 saturated heterocycles. The first-order valence-corrected chi connectivity index (χ1v) is 5.71. The average molecular weight is 249 g/mol. The largest absolute Gasteiger partial charge is 0.488 e. The Balaban J connectivity index is 2.15. The lowest BCUT2D eigenvalue weighted by Crippen LogP contribution is -2.08. The monoisotopic (exact) mass is 249 g/mol. The van der Waals surface area contributed by atoms with Gasteiger partial charge in [-0.05, 0) is 13.0 Å². The number of aryl methyl sites for hydroxylation is 1. The second kappa shape index (κ2) is 5.18. The van der Waals surface area contributed by atoms with Crippen LogP contribution in [0.1, 0.15) is 24.1 Å². The predicted molar refractivity (Wildman–Crippen MR) is 66.5 cm³/mol. The highest BCUT2D eigenvalue weighted by atomic mass is 19.1. The summed E-state index contributed by atoms with van der Waals surface area (Å²) in [4.78, 5) is 0. The van der Waals surface area contributed by atoms with E-state index in [1.165, 1.54) is 12.1 Å². The van der Waals surface area contributed by atoms with Crippen LogP contribution < -0.4 is 10.5 Å². The highest BCUT2D eigenvalue weighted by Crippen LogP contribution is 2.25. The number of benzene rings is 1. The second-order valence-corrected chi connectivity index (χ2v) is 4.28. The molecule has 2 N–H and O–H groups in total. The van der Waals surface area contributed by atoms with Gasteiger partial charge < -0.3 is 10.5 Å². The topological polar surface area (TPSA) is 53.1 Å². The number of halogens is 1. The summed E-state index contributed by atoms with van der Waals surface area (Å²) in [6.07, 6.45) is 3.57. The minimum Gasteiger partial charge on any atom is -0.488 e. The van der Waals surface area contributed by atoms with Gasteiger partial charge in [0.15, 0.2) is 0 Å². The molecule has 1 atom stereocenters. The number of hydrogen-bond donors (Lipinski definition) is 1. The third-order valence-electron chi connectivity index (χ3n) is 2.62. The second-order valence-electron chi connectivity index (χ2n) is 4.28. The van der Waals surface area contributed by atoms with E-state index in [4.69, 9.17) is 10.5 Å². The number of hydrogen-bond acceptors (Lipinski definition) is 3. The standard InChI is InChI=1S/C13H16FN3O/c1-9(15)12-4-3-11(14)5-13(12)18-8-10-6-16-17(2)7-10/h3-7,9H,8,15H2,1-2H3/t9-/m0/s1. The molecule has 1 aromatic heterocycles. The molecule has 0 saturated carbocycles. The molecular formula is C13H16FN3O. The van der Waals surface area contributed by atoms with Crippen LogP contribution in [-0.2, 0) is 13.7 Å². The molecule has 0 bridgehead atoms. The normalized spacial score (nSPS) is 12.4. The summed E-state index contributed by atoms with van der Waals surface area (Å²) in [5.74, 6) is 0.148. The first-order valence-electron chi connectivity index (χ1n) is 5.71. The molecule has 0 aliphatic carbocycles. The van der Waals surface area contributed by atoms with E-state index in [1.54, 1.807) is 16.9 Å². The molecule has 96 valence electrons. The quantitative estimate of drug-likeness (QED) is 0.903. The maximum absolute atomic E-state index is 13.2. The Hall–Kier alpha value is -1.88. The number of ether oxygens (including phenoxy) is 1. The van der Waals surface area contributed by atoms with Crippen LogP contribution >= 0.6 is 0 Å². The van der Waals surface area contributed by atoms with E-state index in [1.807, 2.05) is 20.2 Å². The van der Waals surface area contributed by atoms with Gasteiger partial charge in [-0.25, -0.2) is 4.39 Å². The molecule has 5 heteroatoms. The van der Waals surface area contributed by atoms with Gasteiger partial charge in [-0.3, -0.25) is 4.68 Å². The Labute approximate surface area is 105 Å². The van der Waals surface area contributed by atoms with Crippen molar-refractivity contribution in [3.8, 4) is 5.75 Å². The van der Waals surface area contributed by atoms with Crippen LogP contribution in [0.2, 0.25) is 0 Å². The molecule has 0 radical (unpaired) electrons. The van der Waals surface area contributed by atoms with E-state index in [2.05, 4.69) is 5.10 Å². The fraction of sp³-hybridized carbons (Fsp3) is 0.308. The summed E-state index contributed by atoms with van der Waals surface area (Å²) < 4.78 is 20.5. The predicted octanol–water partition coefficient (Wildman–Crippen LogP) is 2.16. The van der Waals surface area contributed by atoms with Crippen LogP contribution in [-0.4, -0.2) is 9.78 Å². The first-order chi connectivity index (χ1) is 8.56. The molecule has 0 spiro atoms. The van der Waals surface area contributed by atoms with Crippen molar-refractivity contribution < 1.29 is 9.13 Å². The van der Waals surface area contributed by atoms with E-state index >= 15 is 0 Å². The van der Waals surface area contributed by atoms with E-state index in [-0.39, 0.29) is 11.9 Å². The van der Waals surface area contributed by atoms with Gasteiger partial charge in [-0.2, -0.15) is 5.10 Å². The van der Waals surface area contributed by atoms with Gasteiger partial charge in [0.1, 0.15) is 18.2 Å². The lowest BCUT2D eigenvalue weighted by Gasteiger charge is -2.13. The summed E-state index contributed by atoms with van der Waals surface area (Å²) >= 11 is 0. The van der Waals surface area contributed by atoms with Crippen LogP contribution in [0.3, 0.4) is 0 Å². The summed E-state index contributed by atoms with van der Waals surface area (Å²) in [6.45, 7) is 2.18. The van der Waals surface area contributed by atoms with Crippen LogP contribution in [0.25, 0.3) is 0 Å². The van der Waals surface area contributed by atoms with Crippen LogP contribution in [0, 0.1) is 5.82 Å². The maximum atomic E-state index is 13.2. The van der Waals surface area contributed by atoms with Crippen molar-refractivity contribution in [1.82, 2.24) is 9.78 Å². The van der Waals surface area contributed by atoms with Crippen molar-refractivity contribution in [2.24, 2.45) is 12.8 Å². The van der Waals surface area contributed by atoms with Crippen LogP contribution in [0.5, 0.6) is 5.75 Å². The molecule has 1 heterocycles. The number of rotatable bonds is 4. The van der Waals surface area contributed by atoms with Crippen molar-refractivity contribution in [2.75, 3.05) is 0 Å². The minimum atomic E-state index is -0.333. The summed E-state index contributed by atoms with van der Waals surface area (Å²) in [6, 6.07) is 4.19. The van der Waals surface area contributed by atoms with Gasteiger partial charge >= 0.3 is 0 Å². The Bertz CT molecular complexity index is 537. The van der Waals surface area contributed by atoms with Crippen molar-refractivity contribution >= 4 is 0 Å². The third-order valence-corrected chi connectivity index (χ3v) is 2.62. The highest BCUT2D eigenvalue weighted by molar-refractivity contribution is 5.36. The van der Waals surface area contributed by atoms with Gasteiger partial charge in [0.05, 0.1) is 6.20 Å². The van der Waals surface area contributed by atoms with Crippen molar-refractivity contribution in [2.45, 2.75) is 19.6 Å². The Morgan fingerprint density at radius 1 is 1.50 bits per heavy atom. The van der Waals surface area contributed by atoms with Crippen molar-refractivity contribution in [3.63, 3.8) is 0 Å². The number of aromatic nitrogens is 2. The molecular weight excluding hydrogens is 233 g/mol. The molecule has 0 unspecified atom stereocenters. The fourth-order valence-corrected chi connectivity index (χ4v) is 1.72. The maximum Gasteiger partial charge on any atom is 0.127 e. The number of nitrogens with zero attached hydrogens (tertiary/aromatic N) is 2. The molecule has 2 rings (SSSR count). The van der Waals surface area contributed by atoms with Gasteiger partial charge in [-0.1, -0.05) is 6.07 Å². The molecule has 0 aliphatic heterocycles. The van der Waals surface area contributed by atoms with Crippen molar-refractivity contribution in [3.05, 3.63) is 47.5 Å². The van der Waals surface area contributed by atoms with Gasteiger partial charge in [0, 0.05) is 36.5 Å². The van der Waals surface area contributed by atoms with Gasteiger partial charge in [0.25, 0.3) is 0 Å².